The highest BCUT2D eigenvalue weighted by atomic mass is 32.1. The standard InChI is InChI=1S/C18H16N2O4S/c1-11-5-6-13(23-2)12(10-11)19-18(22)15-7-8-16(25-15)20-17(21)14-4-3-9-24-14/h3-10H,1-2H3,(H,19,22)(H,20,21). The van der Waals surface area contributed by atoms with Gasteiger partial charge >= 0.3 is 0 Å². The summed E-state index contributed by atoms with van der Waals surface area (Å²) in [5.74, 6) is 0.164. The van der Waals surface area contributed by atoms with Crippen LogP contribution in [0.1, 0.15) is 25.8 Å². The quantitative estimate of drug-likeness (QED) is 0.719. The van der Waals surface area contributed by atoms with Crippen LogP contribution in [0.15, 0.2) is 53.1 Å². The molecule has 3 rings (SSSR count). The zero-order valence-electron chi connectivity index (χ0n) is 13.7. The maximum atomic E-state index is 12.4. The molecule has 2 heterocycles. The van der Waals surface area contributed by atoms with E-state index in [0.717, 1.165) is 5.56 Å². The van der Waals surface area contributed by atoms with Crippen molar-refractivity contribution in [3.05, 3.63) is 64.9 Å². The molecular weight excluding hydrogens is 340 g/mol. The minimum Gasteiger partial charge on any atom is -0.495 e. The second-order valence-corrected chi connectivity index (χ2v) is 6.34. The van der Waals surface area contributed by atoms with Crippen molar-refractivity contribution in [2.75, 3.05) is 17.7 Å². The fourth-order valence-electron chi connectivity index (χ4n) is 2.21. The van der Waals surface area contributed by atoms with Crippen LogP contribution in [0, 0.1) is 6.92 Å². The number of rotatable bonds is 5. The smallest absolute Gasteiger partial charge is 0.291 e. The van der Waals surface area contributed by atoms with Crippen molar-refractivity contribution in [3.63, 3.8) is 0 Å². The van der Waals surface area contributed by atoms with Crippen LogP contribution in [0.25, 0.3) is 0 Å². The molecule has 0 bridgehead atoms. The number of anilines is 2. The number of methoxy groups -OCH3 is 1. The Bertz CT molecular complexity index is 900. The van der Waals surface area contributed by atoms with Gasteiger partial charge in [0.05, 0.1) is 28.9 Å². The lowest BCUT2D eigenvalue weighted by molar-refractivity contribution is 0.0995. The van der Waals surface area contributed by atoms with Crippen molar-refractivity contribution in [2.24, 2.45) is 0 Å². The lowest BCUT2D eigenvalue weighted by Crippen LogP contribution is -2.11. The second kappa shape index (κ2) is 7.23. The summed E-state index contributed by atoms with van der Waals surface area (Å²) in [4.78, 5) is 24.9. The first-order valence-electron chi connectivity index (χ1n) is 7.47. The molecule has 6 nitrogen and oxygen atoms in total. The average Bonchev–Trinajstić information content (AvgIpc) is 3.27. The summed E-state index contributed by atoms with van der Waals surface area (Å²) in [6.45, 7) is 1.93. The van der Waals surface area contributed by atoms with Gasteiger partial charge in [-0.1, -0.05) is 6.07 Å². The summed E-state index contributed by atoms with van der Waals surface area (Å²) in [6.07, 6.45) is 1.43. The second-order valence-electron chi connectivity index (χ2n) is 5.25. The summed E-state index contributed by atoms with van der Waals surface area (Å²) in [5, 5.41) is 6.08. The first-order valence-corrected chi connectivity index (χ1v) is 8.29. The van der Waals surface area contributed by atoms with Gasteiger partial charge in [0.1, 0.15) is 5.75 Å². The predicted molar refractivity (Wildman–Crippen MR) is 96.7 cm³/mol. The van der Waals surface area contributed by atoms with Crippen molar-refractivity contribution in [2.45, 2.75) is 6.92 Å². The van der Waals surface area contributed by atoms with Gasteiger partial charge in [0, 0.05) is 0 Å². The molecule has 0 aliphatic rings. The maximum Gasteiger partial charge on any atom is 0.291 e. The molecule has 0 aliphatic carbocycles. The molecule has 0 saturated carbocycles. The van der Waals surface area contributed by atoms with Gasteiger partial charge in [0.2, 0.25) is 0 Å². The van der Waals surface area contributed by atoms with Gasteiger partial charge in [-0.25, -0.2) is 0 Å². The average molecular weight is 356 g/mol. The summed E-state index contributed by atoms with van der Waals surface area (Å²) in [7, 11) is 1.55. The summed E-state index contributed by atoms with van der Waals surface area (Å²) >= 11 is 1.18. The zero-order valence-corrected chi connectivity index (χ0v) is 14.5. The van der Waals surface area contributed by atoms with E-state index in [1.54, 1.807) is 37.4 Å². The van der Waals surface area contributed by atoms with E-state index in [0.29, 0.717) is 21.3 Å². The largest absolute Gasteiger partial charge is 0.495 e. The van der Waals surface area contributed by atoms with Crippen molar-refractivity contribution < 1.29 is 18.7 Å². The predicted octanol–water partition coefficient (Wildman–Crippen LogP) is 4.16. The van der Waals surface area contributed by atoms with Gasteiger partial charge in [-0.3, -0.25) is 9.59 Å². The molecule has 2 N–H and O–H groups in total. The number of furan rings is 1. The normalized spacial score (nSPS) is 10.3. The van der Waals surface area contributed by atoms with E-state index >= 15 is 0 Å². The van der Waals surface area contributed by atoms with Gasteiger partial charge in [-0.15, -0.1) is 11.3 Å². The molecule has 2 aromatic heterocycles. The number of benzene rings is 1. The Hall–Kier alpha value is -3.06. The van der Waals surface area contributed by atoms with E-state index in [2.05, 4.69) is 10.6 Å². The highest BCUT2D eigenvalue weighted by Crippen LogP contribution is 2.28. The van der Waals surface area contributed by atoms with Crippen LogP contribution in [0.3, 0.4) is 0 Å². The third-order valence-electron chi connectivity index (χ3n) is 3.41. The molecule has 128 valence electrons. The Morgan fingerprint density at radius 2 is 1.92 bits per heavy atom. The molecule has 0 unspecified atom stereocenters. The summed E-state index contributed by atoms with van der Waals surface area (Å²) in [5.41, 5.74) is 1.61. The van der Waals surface area contributed by atoms with Crippen LogP contribution < -0.4 is 15.4 Å². The lowest BCUT2D eigenvalue weighted by atomic mass is 10.2. The first kappa shape index (κ1) is 16.8. The van der Waals surface area contributed by atoms with Gasteiger partial charge < -0.3 is 19.8 Å². The fourth-order valence-corrected chi connectivity index (χ4v) is 3.01. The molecule has 7 heteroatoms. The van der Waals surface area contributed by atoms with Crippen LogP contribution in [0.5, 0.6) is 5.75 Å². The maximum absolute atomic E-state index is 12.4. The van der Waals surface area contributed by atoms with E-state index in [-0.39, 0.29) is 17.6 Å². The molecular formula is C18H16N2O4S. The van der Waals surface area contributed by atoms with Gasteiger partial charge in [0.25, 0.3) is 11.8 Å². The van der Waals surface area contributed by atoms with Crippen molar-refractivity contribution in [1.29, 1.82) is 0 Å². The van der Waals surface area contributed by atoms with Crippen molar-refractivity contribution in [1.82, 2.24) is 0 Å². The van der Waals surface area contributed by atoms with Crippen molar-refractivity contribution in [3.8, 4) is 5.75 Å². The van der Waals surface area contributed by atoms with Crippen molar-refractivity contribution >= 4 is 33.8 Å². The van der Waals surface area contributed by atoms with Crippen LogP contribution >= 0.6 is 11.3 Å². The number of thiophene rings is 1. The molecule has 0 radical (unpaired) electrons. The Balaban J connectivity index is 1.71. The topological polar surface area (TPSA) is 80.6 Å². The number of hydrogen-bond donors (Lipinski definition) is 2. The highest BCUT2D eigenvalue weighted by Gasteiger charge is 2.15. The van der Waals surface area contributed by atoms with Crippen LogP contribution in [-0.2, 0) is 0 Å². The van der Waals surface area contributed by atoms with Gasteiger partial charge in [-0.05, 0) is 48.9 Å². The molecule has 0 aliphatic heterocycles. The minimum absolute atomic E-state index is 0.212. The molecule has 2 amide bonds. The molecule has 3 aromatic rings. The minimum atomic E-state index is -0.362. The van der Waals surface area contributed by atoms with E-state index in [1.165, 1.54) is 17.6 Å². The number of amides is 2. The van der Waals surface area contributed by atoms with Gasteiger partial charge in [0.15, 0.2) is 5.76 Å². The third kappa shape index (κ3) is 3.89. The SMILES string of the molecule is COc1ccc(C)cc1NC(=O)c1ccc(NC(=O)c2ccco2)s1. The number of aryl methyl sites for hydroxylation is 1. The van der Waals surface area contributed by atoms with Crippen LogP contribution in [0.2, 0.25) is 0 Å². The van der Waals surface area contributed by atoms with Crippen LogP contribution in [-0.4, -0.2) is 18.9 Å². The van der Waals surface area contributed by atoms with E-state index in [1.807, 2.05) is 19.1 Å². The molecule has 25 heavy (non-hydrogen) atoms. The highest BCUT2D eigenvalue weighted by molar-refractivity contribution is 7.18. The van der Waals surface area contributed by atoms with Crippen LogP contribution in [0.4, 0.5) is 10.7 Å². The molecule has 0 spiro atoms. The van der Waals surface area contributed by atoms with Gasteiger partial charge in [-0.2, -0.15) is 0 Å². The third-order valence-corrected chi connectivity index (χ3v) is 4.41. The number of ether oxygens (including phenoxy) is 1. The first-order chi connectivity index (χ1) is 12.1. The van der Waals surface area contributed by atoms with E-state index < -0.39 is 0 Å². The summed E-state index contributed by atoms with van der Waals surface area (Å²) < 4.78 is 10.3. The Morgan fingerprint density at radius 3 is 2.64 bits per heavy atom. The monoisotopic (exact) mass is 356 g/mol. The zero-order chi connectivity index (χ0) is 17.8. The van der Waals surface area contributed by atoms with E-state index in [9.17, 15) is 9.59 Å². The van der Waals surface area contributed by atoms with E-state index in [4.69, 9.17) is 9.15 Å². The number of carbonyl (C=O) groups is 2. The molecule has 1 aromatic carbocycles. The fraction of sp³-hybridized carbons (Fsp3) is 0.111. The number of nitrogens with one attached hydrogen (secondary N) is 2. The Morgan fingerprint density at radius 1 is 1.08 bits per heavy atom. The summed E-state index contributed by atoms with van der Waals surface area (Å²) in [6, 6.07) is 12.1. The molecule has 0 atom stereocenters. The Kier molecular flexibility index (Phi) is 4.85. The Labute approximate surface area is 148 Å². The number of hydrogen-bond acceptors (Lipinski definition) is 5. The molecule has 0 fully saturated rings. The lowest BCUT2D eigenvalue weighted by Gasteiger charge is -2.10. The number of carbonyl (C=O) groups excluding carboxylic acids is 2. The molecule has 0 saturated heterocycles.